The van der Waals surface area contributed by atoms with Gasteiger partial charge < -0.3 is 16.4 Å². The molecule has 0 aliphatic carbocycles. The van der Waals surface area contributed by atoms with Crippen LogP contribution >= 0.6 is 0 Å². The molecule has 0 aromatic carbocycles. The summed E-state index contributed by atoms with van der Waals surface area (Å²) in [6.45, 7) is 0. The molecule has 0 unspecified atom stereocenters. The first-order valence-corrected chi connectivity index (χ1v) is 0. The van der Waals surface area contributed by atoms with E-state index in [2.05, 4.69) is 4.29 Å². The third-order valence-electron chi connectivity index (χ3n) is 0. The zero-order valence-electron chi connectivity index (χ0n) is 4.80. The Kier molecular flexibility index (Phi) is 129. The van der Waals surface area contributed by atoms with Crippen molar-refractivity contribution in [3.05, 3.63) is 0 Å². The maximum absolute atomic E-state index is 7.50. The third-order valence-corrected chi connectivity index (χ3v) is 0. The largest absolute Gasteiger partial charge is 3.00 e. The molecule has 24 valence electrons. The first-order valence-electron chi connectivity index (χ1n) is 1.22. The Bertz CT molecular complexity index is 10.1. The van der Waals surface area contributed by atoms with E-state index in [0.29, 0.717) is 0 Å². The average Bonchev–Trinajstić information content (AvgIpc) is 1.81. The predicted molar refractivity (Wildman–Crippen MR) is 11.6 cm³/mol. The average molecular weight is 81.0 g/mol. The molecule has 0 spiro atoms. The van der Waals surface area contributed by atoms with E-state index < -0.39 is 0 Å². The van der Waals surface area contributed by atoms with Crippen molar-refractivity contribution in [2.24, 2.45) is 0 Å². The molecule has 0 saturated carbocycles. The van der Waals surface area contributed by atoms with E-state index in [4.69, 9.17) is 16.4 Å². The van der Waals surface area contributed by atoms with E-state index in [9.17, 15) is 0 Å². The molecule has 4 heteroatoms. The smallest absolute Gasteiger partial charge is 0.870 e. The van der Waals surface area contributed by atoms with Gasteiger partial charge in [-0.05, 0) is 0 Å². The molecule has 0 aliphatic heterocycles. The Morgan fingerprint density at radius 3 is 1.00 bits per heavy atom. The normalized spacial score (nSPS) is 5.25. The number of rotatable bonds is 0. The van der Waals surface area contributed by atoms with Crippen LogP contribution in [0, 0.1) is 0 Å². The fourth-order valence-electron chi connectivity index (χ4n) is 0. The maximum Gasteiger partial charge on any atom is 3.00 e. The minimum absolute atomic E-state index is 0. The predicted octanol–water partition coefficient (Wildman–Crippen LogP) is -0.911. The fraction of sp³-hybridized carbons (Fsp3) is 0. The van der Waals surface area contributed by atoms with Crippen molar-refractivity contribution in [1.29, 1.82) is 0 Å². The van der Waals surface area contributed by atoms with Crippen LogP contribution < -0.4 is 0 Å². The van der Waals surface area contributed by atoms with Gasteiger partial charge in [-0.25, -0.2) is 0 Å². The van der Waals surface area contributed by atoms with Crippen molar-refractivity contribution in [3.8, 4) is 0 Å². The first-order chi connectivity index (χ1) is 3.00. The third kappa shape index (κ3) is 28.3. The Morgan fingerprint density at radius 1 is 1.00 bits per heavy atom. The fourth-order valence-corrected chi connectivity index (χ4v) is 0. The minimum Gasteiger partial charge on any atom is -0.870 e. The second-order valence-corrected chi connectivity index (χ2v) is 0. The summed E-state index contributed by atoms with van der Waals surface area (Å²) in [5.74, 6) is 0. The van der Waals surface area contributed by atoms with E-state index in [1.54, 1.807) is 0 Å². The van der Waals surface area contributed by atoms with Gasteiger partial charge in [-0.3, -0.25) is 0 Å². The summed E-state index contributed by atoms with van der Waals surface area (Å²) in [4.78, 5) is 0. The van der Waals surface area contributed by atoms with Crippen molar-refractivity contribution in [3.63, 3.8) is 0 Å². The van der Waals surface area contributed by atoms with Gasteiger partial charge in [0, 0.05) is 0 Å². The van der Waals surface area contributed by atoms with E-state index in [-0.39, 0.29) is 17.4 Å². The summed E-state index contributed by atoms with van der Waals surface area (Å²) in [5, 5.41) is 0. The SMILES string of the molecule is [2H][O-].[2H][O-].[2H][O-].[Al+3]. The summed E-state index contributed by atoms with van der Waals surface area (Å²) in [6.07, 6.45) is 0. The second kappa shape index (κ2) is 117. The van der Waals surface area contributed by atoms with Crippen molar-refractivity contribution in [2.75, 3.05) is 0 Å². The van der Waals surface area contributed by atoms with E-state index >= 15 is 0 Å². The first kappa shape index (κ1) is 4.41. The van der Waals surface area contributed by atoms with Gasteiger partial charge in [-0.15, -0.1) is 4.29 Å². The Balaban J connectivity index is -0.00000000900. The monoisotopic (exact) mass is 81.0 g/mol. The molecule has 4 heavy (non-hydrogen) atoms. The van der Waals surface area contributed by atoms with Gasteiger partial charge in [0.1, 0.15) is 0 Å². The summed E-state index contributed by atoms with van der Waals surface area (Å²) >= 11 is 0. The van der Waals surface area contributed by atoms with Gasteiger partial charge in [0.05, 0.1) is 0 Å². The quantitative estimate of drug-likeness (QED) is 0.353. The molecular formula is H3AlO3. The molecule has 0 rings (SSSR count). The molecule has 0 aliphatic rings. The van der Waals surface area contributed by atoms with Crippen LogP contribution in [0.25, 0.3) is 0 Å². The van der Waals surface area contributed by atoms with Gasteiger partial charge in [0.15, 0.2) is 0 Å². The van der Waals surface area contributed by atoms with Crippen molar-refractivity contribution in [2.45, 2.75) is 0 Å². The Hall–Kier alpha value is 0.412. The summed E-state index contributed by atoms with van der Waals surface area (Å²) in [6, 6.07) is 0. The molecule has 0 fully saturated rings. The molecule has 0 bridgehead atoms. The van der Waals surface area contributed by atoms with E-state index in [1.165, 1.54) is 0 Å². The van der Waals surface area contributed by atoms with E-state index in [1.807, 2.05) is 0 Å². The molecule has 0 amide bonds. The minimum atomic E-state index is 0. The topological polar surface area (TPSA) is 90.0 Å². The Morgan fingerprint density at radius 2 is 1.00 bits per heavy atom. The Labute approximate surface area is 39.2 Å². The zero-order chi connectivity index (χ0) is 6.00. The van der Waals surface area contributed by atoms with Crippen LogP contribution in [0.5, 0.6) is 0 Å². The van der Waals surface area contributed by atoms with Crippen LogP contribution in [-0.4, -0.2) is 33.8 Å². The van der Waals surface area contributed by atoms with Crippen LogP contribution in [0.2, 0.25) is 0 Å². The molecule has 3 nitrogen and oxygen atoms in total. The molecule has 0 saturated heterocycles. The van der Waals surface area contributed by atoms with Crippen LogP contribution in [0.4, 0.5) is 0 Å². The zero-order valence-corrected chi connectivity index (χ0v) is 2.96. The van der Waals surface area contributed by atoms with Crippen LogP contribution in [0.1, 0.15) is 4.29 Å². The van der Waals surface area contributed by atoms with Gasteiger partial charge in [0.25, 0.3) is 0 Å². The molecular weight excluding hydrogens is 75.0 g/mol. The molecule has 3 N–H and O–H groups in total. The van der Waals surface area contributed by atoms with Crippen LogP contribution in [0.3, 0.4) is 0 Å². The molecule has 0 heterocycles. The van der Waals surface area contributed by atoms with Crippen LogP contribution in [0.15, 0.2) is 0 Å². The van der Waals surface area contributed by atoms with Gasteiger partial charge >= 0.3 is 17.4 Å². The maximum atomic E-state index is 7.50. The summed E-state index contributed by atoms with van der Waals surface area (Å²) in [7, 11) is 0. The standard InChI is InChI=1S/Al.3H2O/h;3*1H2/q+3;;;/p-3/i/hD3. The number of hydrogen-bond donors (Lipinski definition) is 0. The molecule has 0 radical (unpaired) electrons. The van der Waals surface area contributed by atoms with Gasteiger partial charge in [0.2, 0.25) is 0 Å². The molecule has 0 atom stereocenters. The molecule has 0 aromatic heterocycles. The summed E-state index contributed by atoms with van der Waals surface area (Å²) in [5.41, 5.74) is 22.5. The summed E-state index contributed by atoms with van der Waals surface area (Å²) < 4.78 is 13.5. The number of hydrogen-bond acceptors (Lipinski definition) is 3. The van der Waals surface area contributed by atoms with Crippen LogP contribution in [-0.2, 0) is 0 Å². The second-order valence-electron chi connectivity index (χ2n) is 0. The van der Waals surface area contributed by atoms with Gasteiger partial charge in [-0.1, -0.05) is 0 Å². The van der Waals surface area contributed by atoms with Crippen molar-refractivity contribution < 1.29 is 20.7 Å². The molecule has 0 aromatic rings. The van der Waals surface area contributed by atoms with Crippen molar-refractivity contribution in [1.82, 2.24) is 0 Å². The van der Waals surface area contributed by atoms with E-state index in [0.717, 1.165) is 0 Å². The van der Waals surface area contributed by atoms with Crippen molar-refractivity contribution >= 4 is 17.4 Å². The van der Waals surface area contributed by atoms with Gasteiger partial charge in [-0.2, -0.15) is 0 Å².